The van der Waals surface area contributed by atoms with E-state index in [0.717, 1.165) is 12.0 Å². The van der Waals surface area contributed by atoms with Gasteiger partial charge in [-0.05, 0) is 37.6 Å². The van der Waals surface area contributed by atoms with Crippen LogP contribution in [0.25, 0.3) is 0 Å². The Balaban J connectivity index is 2.42. The standard InChI is InChI=1S/C12H17Cl2NO2S/c1-9(8-18(2,16)17)15-6-5-10-3-4-11(13)7-12(10)14/h3-4,7,9,15H,5-6,8H2,1-2H3. The van der Waals surface area contributed by atoms with Crippen LogP contribution < -0.4 is 5.32 Å². The molecule has 1 atom stereocenters. The maximum absolute atomic E-state index is 11.1. The van der Waals surface area contributed by atoms with Gasteiger partial charge in [0.25, 0.3) is 0 Å². The van der Waals surface area contributed by atoms with Crippen LogP contribution in [0.15, 0.2) is 18.2 Å². The molecule has 102 valence electrons. The van der Waals surface area contributed by atoms with E-state index >= 15 is 0 Å². The van der Waals surface area contributed by atoms with Gasteiger partial charge in [-0.25, -0.2) is 8.42 Å². The zero-order chi connectivity index (χ0) is 13.8. The molecule has 0 aliphatic carbocycles. The number of halogens is 2. The van der Waals surface area contributed by atoms with Crippen molar-refractivity contribution in [3.05, 3.63) is 33.8 Å². The summed E-state index contributed by atoms with van der Waals surface area (Å²) in [5, 5.41) is 4.41. The van der Waals surface area contributed by atoms with Gasteiger partial charge in [0.05, 0.1) is 5.75 Å². The second kappa shape index (κ2) is 6.75. The number of hydrogen-bond acceptors (Lipinski definition) is 3. The van der Waals surface area contributed by atoms with Gasteiger partial charge < -0.3 is 5.32 Å². The molecule has 1 aromatic carbocycles. The van der Waals surface area contributed by atoms with Crippen LogP contribution in [0.1, 0.15) is 12.5 Å². The van der Waals surface area contributed by atoms with Crippen molar-refractivity contribution in [1.29, 1.82) is 0 Å². The molecule has 0 heterocycles. The average Bonchev–Trinajstić information content (AvgIpc) is 2.18. The van der Waals surface area contributed by atoms with Gasteiger partial charge in [-0.1, -0.05) is 29.3 Å². The first-order chi connectivity index (χ1) is 8.28. The lowest BCUT2D eigenvalue weighted by Gasteiger charge is -2.13. The summed E-state index contributed by atoms with van der Waals surface area (Å²) in [6.45, 7) is 2.53. The van der Waals surface area contributed by atoms with Crippen molar-refractivity contribution in [2.24, 2.45) is 0 Å². The first kappa shape index (κ1) is 15.8. The van der Waals surface area contributed by atoms with Crippen LogP contribution in [0.5, 0.6) is 0 Å². The predicted molar refractivity (Wildman–Crippen MR) is 77.3 cm³/mol. The molecule has 1 unspecified atom stereocenters. The highest BCUT2D eigenvalue weighted by Gasteiger charge is 2.09. The maximum Gasteiger partial charge on any atom is 0.148 e. The second-order valence-corrected chi connectivity index (χ2v) is 7.46. The predicted octanol–water partition coefficient (Wildman–Crippen LogP) is 2.56. The Kier molecular flexibility index (Phi) is 5.92. The average molecular weight is 310 g/mol. The molecule has 0 spiro atoms. The Morgan fingerprint density at radius 2 is 2.00 bits per heavy atom. The van der Waals surface area contributed by atoms with Gasteiger partial charge in [0.15, 0.2) is 0 Å². The van der Waals surface area contributed by atoms with Gasteiger partial charge in [-0.3, -0.25) is 0 Å². The molecule has 0 aliphatic heterocycles. The summed E-state index contributed by atoms with van der Waals surface area (Å²) in [6.07, 6.45) is 1.98. The summed E-state index contributed by atoms with van der Waals surface area (Å²) in [5.74, 6) is 0.140. The molecule has 0 saturated heterocycles. The smallest absolute Gasteiger partial charge is 0.148 e. The van der Waals surface area contributed by atoms with Gasteiger partial charge in [0.1, 0.15) is 9.84 Å². The van der Waals surface area contributed by atoms with Gasteiger partial charge in [-0.15, -0.1) is 0 Å². The van der Waals surface area contributed by atoms with E-state index in [4.69, 9.17) is 23.2 Å². The Labute approximate surface area is 118 Å². The third-order valence-electron chi connectivity index (χ3n) is 2.45. The number of hydrogen-bond donors (Lipinski definition) is 1. The normalized spacial score (nSPS) is 13.6. The van der Waals surface area contributed by atoms with E-state index in [1.54, 1.807) is 12.1 Å². The summed E-state index contributed by atoms with van der Waals surface area (Å²) in [4.78, 5) is 0. The summed E-state index contributed by atoms with van der Waals surface area (Å²) in [6, 6.07) is 5.32. The third kappa shape index (κ3) is 6.05. The van der Waals surface area contributed by atoms with Crippen molar-refractivity contribution >= 4 is 33.0 Å². The molecular formula is C12H17Cl2NO2S. The summed E-state index contributed by atoms with van der Waals surface area (Å²) >= 11 is 11.9. The highest BCUT2D eigenvalue weighted by molar-refractivity contribution is 7.90. The van der Waals surface area contributed by atoms with Crippen LogP contribution in [-0.4, -0.2) is 33.0 Å². The minimum absolute atomic E-state index is 0.0638. The Morgan fingerprint density at radius 1 is 1.33 bits per heavy atom. The van der Waals surface area contributed by atoms with Crippen LogP contribution in [0, 0.1) is 0 Å². The lowest BCUT2D eigenvalue weighted by Crippen LogP contribution is -2.34. The highest BCUT2D eigenvalue weighted by Crippen LogP contribution is 2.21. The van der Waals surface area contributed by atoms with E-state index in [-0.39, 0.29) is 11.8 Å². The fourth-order valence-corrected chi connectivity index (χ4v) is 3.22. The summed E-state index contributed by atoms with van der Waals surface area (Å²) < 4.78 is 22.2. The van der Waals surface area contributed by atoms with Gasteiger partial charge >= 0.3 is 0 Å². The van der Waals surface area contributed by atoms with Crippen LogP contribution in [-0.2, 0) is 16.3 Å². The lowest BCUT2D eigenvalue weighted by molar-refractivity contribution is 0.562. The lowest BCUT2D eigenvalue weighted by atomic mass is 10.1. The van der Waals surface area contributed by atoms with Gasteiger partial charge in [0, 0.05) is 22.3 Å². The molecular weight excluding hydrogens is 293 g/mol. The second-order valence-electron chi connectivity index (χ2n) is 4.43. The van der Waals surface area contributed by atoms with E-state index in [1.165, 1.54) is 6.26 Å². The van der Waals surface area contributed by atoms with Gasteiger partial charge in [-0.2, -0.15) is 0 Å². The zero-order valence-electron chi connectivity index (χ0n) is 10.4. The number of nitrogens with one attached hydrogen (secondary N) is 1. The fourth-order valence-electron chi connectivity index (χ4n) is 1.69. The molecule has 6 heteroatoms. The Morgan fingerprint density at radius 3 is 2.56 bits per heavy atom. The molecule has 1 N–H and O–H groups in total. The molecule has 0 fully saturated rings. The van der Waals surface area contributed by atoms with Crippen molar-refractivity contribution in [2.45, 2.75) is 19.4 Å². The Hall–Kier alpha value is -0.290. The van der Waals surface area contributed by atoms with Crippen molar-refractivity contribution in [3.63, 3.8) is 0 Å². The summed E-state index contributed by atoms with van der Waals surface area (Å²) in [5.41, 5.74) is 1.00. The van der Waals surface area contributed by atoms with Crippen LogP contribution in [0.3, 0.4) is 0 Å². The van der Waals surface area contributed by atoms with Crippen LogP contribution >= 0.6 is 23.2 Å². The van der Waals surface area contributed by atoms with Crippen molar-refractivity contribution in [2.75, 3.05) is 18.6 Å². The fraction of sp³-hybridized carbons (Fsp3) is 0.500. The minimum atomic E-state index is -2.94. The molecule has 0 saturated carbocycles. The van der Waals surface area contributed by atoms with E-state index < -0.39 is 9.84 Å². The molecule has 1 rings (SSSR count). The van der Waals surface area contributed by atoms with Gasteiger partial charge in [0.2, 0.25) is 0 Å². The van der Waals surface area contributed by atoms with Crippen LogP contribution in [0.4, 0.5) is 0 Å². The monoisotopic (exact) mass is 309 g/mol. The zero-order valence-corrected chi connectivity index (χ0v) is 12.7. The van der Waals surface area contributed by atoms with Crippen molar-refractivity contribution in [3.8, 4) is 0 Å². The number of sulfone groups is 1. The molecule has 3 nitrogen and oxygen atoms in total. The van der Waals surface area contributed by atoms with E-state index in [0.29, 0.717) is 16.6 Å². The molecule has 18 heavy (non-hydrogen) atoms. The molecule has 0 bridgehead atoms. The topological polar surface area (TPSA) is 46.2 Å². The van der Waals surface area contributed by atoms with E-state index in [1.807, 2.05) is 13.0 Å². The highest BCUT2D eigenvalue weighted by atomic mass is 35.5. The third-order valence-corrected chi connectivity index (χ3v) is 4.15. The molecule has 0 aliphatic rings. The maximum atomic E-state index is 11.1. The minimum Gasteiger partial charge on any atom is -0.313 e. The number of benzene rings is 1. The first-order valence-electron chi connectivity index (χ1n) is 5.63. The Bertz CT molecular complexity index is 503. The van der Waals surface area contributed by atoms with E-state index in [2.05, 4.69) is 5.32 Å². The quantitative estimate of drug-likeness (QED) is 0.878. The molecule has 0 amide bonds. The molecule has 1 aromatic rings. The van der Waals surface area contributed by atoms with E-state index in [9.17, 15) is 8.42 Å². The first-order valence-corrected chi connectivity index (χ1v) is 8.44. The SMILES string of the molecule is CC(CS(C)(=O)=O)NCCc1ccc(Cl)cc1Cl. The van der Waals surface area contributed by atoms with Crippen molar-refractivity contribution in [1.82, 2.24) is 5.32 Å². The number of rotatable bonds is 6. The van der Waals surface area contributed by atoms with Crippen molar-refractivity contribution < 1.29 is 8.42 Å². The molecule has 0 radical (unpaired) electrons. The van der Waals surface area contributed by atoms with Crippen LogP contribution in [0.2, 0.25) is 10.0 Å². The largest absolute Gasteiger partial charge is 0.313 e. The summed E-state index contributed by atoms with van der Waals surface area (Å²) in [7, 11) is -2.94. The molecule has 0 aromatic heterocycles.